The Morgan fingerprint density at radius 2 is 1.91 bits per heavy atom. The van der Waals surface area contributed by atoms with E-state index < -0.39 is 5.41 Å². The molecule has 1 aliphatic carbocycles. The zero-order valence-corrected chi connectivity index (χ0v) is 20.4. The molecule has 2 aromatic rings. The van der Waals surface area contributed by atoms with E-state index in [0.717, 1.165) is 79.1 Å². The van der Waals surface area contributed by atoms with Crippen LogP contribution in [0.3, 0.4) is 0 Å². The molecule has 2 N–H and O–H groups in total. The van der Waals surface area contributed by atoms with E-state index in [1.54, 1.807) is 20.3 Å². The van der Waals surface area contributed by atoms with Crippen molar-refractivity contribution in [1.29, 1.82) is 5.41 Å². The predicted octanol–water partition coefficient (Wildman–Crippen LogP) is 4.43. The van der Waals surface area contributed by atoms with Gasteiger partial charge in [0, 0.05) is 36.7 Å². The van der Waals surface area contributed by atoms with E-state index in [-0.39, 0.29) is 5.91 Å². The van der Waals surface area contributed by atoms with Crippen molar-refractivity contribution in [2.24, 2.45) is 0 Å². The van der Waals surface area contributed by atoms with Crippen LogP contribution in [0.2, 0.25) is 0 Å². The summed E-state index contributed by atoms with van der Waals surface area (Å²) in [5, 5.41) is 11.3. The van der Waals surface area contributed by atoms with Crippen LogP contribution >= 0.6 is 0 Å². The molecule has 0 atom stereocenters. The van der Waals surface area contributed by atoms with E-state index in [0.29, 0.717) is 18.3 Å². The minimum atomic E-state index is -0.487. The van der Waals surface area contributed by atoms with Gasteiger partial charge in [-0.3, -0.25) is 4.79 Å². The topological polar surface area (TPSA) is 83.9 Å². The highest BCUT2D eigenvalue weighted by atomic mass is 16.5. The monoisotopic (exact) mass is 475 g/mol. The van der Waals surface area contributed by atoms with Crippen molar-refractivity contribution >= 4 is 23.5 Å². The maximum absolute atomic E-state index is 13.9. The van der Waals surface area contributed by atoms with Crippen molar-refractivity contribution in [3.63, 3.8) is 0 Å². The molecule has 2 fully saturated rings. The van der Waals surface area contributed by atoms with E-state index in [2.05, 4.69) is 11.4 Å². The van der Waals surface area contributed by atoms with Gasteiger partial charge in [-0.2, -0.15) is 0 Å². The van der Waals surface area contributed by atoms with Crippen LogP contribution < -0.4 is 19.7 Å². The van der Waals surface area contributed by atoms with Gasteiger partial charge in [-0.05, 0) is 67.2 Å². The summed E-state index contributed by atoms with van der Waals surface area (Å²) in [4.78, 5) is 15.7. The Morgan fingerprint density at radius 3 is 2.51 bits per heavy atom. The lowest BCUT2D eigenvalue weighted by atomic mass is 9.65. The second-order valence-electron chi connectivity index (χ2n) is 9.53. The van der Waals surface area contributed by atoms with Crippen molar-refractivity contribution in [2.45, 2.75) is 50.1 Å². The quantitative estimate of drug-likeness (QED) is 0.552. The van der Waals surface area contributed by atoms with Crippen LogP contribution in [0.15, 0.2) is 42.5 Å². The van der Waals surface area contributed by atoms with Gasteiger partial charge >= 0.3 is 0 Å². The summed E-state index contributed by atoms with van der Waals surface area (Å²) >= 11 is 0. The normalized spacial score (nSPS) is 19.3. The molecule has 1 spiro atoms. The first-order chi connectivity index (χ1) is 17.1. The molecule has 0 unspecified atom stereocenters. The molecule has 0 bridgehead atoms. The Morgan fingerprint density at radius 1 is 1.17 bits per heavy atom. The molecule has 0 radical (unpaired) electrons. The van der Waals surface area contributed by atoms with Crippen molar-refractivity contribution in [3.8, 4) is 11.5 Å². The van der Waals surface area contributed by atoms with Crippen LogP contribution in [0.1, 0.15) is 48.8 Å². The van der Waals surface area contributed by atoms with Crippen molar-refractivity contribution < 1.29 is 19.0 Å². The van der Waals surface area contributed by atoms with E-state index >= 15 is 0 Å². The average molecular weight is 476 g/mol. The molecule has 0 aromatic heterocycles. The van der Waals surface area contributed by atoms with Crippen LogP contribution in [0.5, 0.6) is 11.5 Å². The van der Waals surface area contributed by atoms with Gasteiger partial charge in [0.25, 0.3) is 0 Å². The largest absolute Gasteiger partial charge is 0.497 e. The van der Waals surface area contributed by atoms with E-state index in [1.807, 2.05) is 35.2 Å². The average Bonchev–Trinajstić information content (AvgIpc) is 3.12. The fourth-order valence-corrected chi connectivity index (χ4v) is 5.49. The number of hydrogen-bond donors (Lipinski definition) is 2. The summed E-state index contributed by atoms with van der Waals surface area (Å²) in [6.45, 7) is 1.96. The Kier molecular flexibility index (Phi) is 6.52. The number of nitrogens with zero attached hydrogens (tertiary/aromatic N) is 1. The molecule has 1 saturated heterocycles. The fraction of sp³-hybridized carbons (Fsp3) is 0.429. The van der Waals surface area contributed by atoms with E-state index in [9.17, 15) is 4.79 Å². The van der Waals surface area contributed by atoms with E-state index in [1.165, 1.54) is 6.21 Å². The summed E-state index contributed by atoms with van der Waals surface area (Å²) in [6, 6.07) is 12.3. The zero-order valence-electron chi connectivity index (χ0n) is 20.4. The molecular weight excluding hydrogens is 442 g/mol. The lowest BCUT2D eigenvalue weighted by Gasteiger charge is -2.37. The molecule has 2 heterocycles. The van der Waals surface area contributed by atoms with Crippen molar-refractivity contribution in [1.82, 2.24) is 5.32 Å². The number of hydrogen-bond acceptors (Lipinski definition) is 6. The first kappa shape index (κ1) is 23.4. The highest BCUT2D eigenvalue weighted by molar-refractivity contribution is 6.10. The Bertz CT molecular complexity index is 1130. The maximum atomic E-state index is 13.9. The minimum Gasteiger partial charge on any atom is -0.497 e. The van der Waals surface area contributed by atoms with Gasteiger partial charge in [-0.25, -0.2) is 0 Å². The second kappa shape index (κ2) is 9.74. The summed E-state index contributed by atoms with van der Waals surface area (Å²) in [5.74, 6) is 1.63. The Balaban J connectivity index is 1.54. The lowest BCUT2D eigenvalue weighted by molar-refractivity contribution is -0.126. The number of anilines is 1. The van der Waals surface area contributed by atoms with Gasteiger partial charge in [0.2, 0.25) is 5.91 Å². The van der Waals surface area contributed by atoms with Crippen LogP contribution in [0.4, 0.5) is 5.69 Å². The number of allylic oxidation sites excluding steroid dienone is 1. The molecule has 1 amide bonds. The molecule has 35 heavy (non-hydrogen) atoms. The SMILES string of the molecule is COc1ccc(CN2C(=O)C3(CCC3)c3cc(/C(=C/C=N)NC4CCOCC4)cc(OC)c32)cc1. The number of nitrogens with one attached hydrogen (secondary N) is 2. The smallest absolute Gasteiger partial charge is 0.238 e. The van der Waals surface area contributed by atoms with Crippen LogP contribution in [-0.2, 0) is 21.5 Å². The number of carbonyl (C=O) groups is 1. The first-order valence-corrected chi connectivity index (χ1v) is 12.3. The van der Waals surface area contributed by atoms with Crippen molar-refractivity contribution in [2.75, 3.05) is 32.3 Å². The van der Waals surface area contributed by atoms with Crippen LogP contribution in [-0.4, -0.2) is 45.6 Å². The number of benzene rings is 2. The van der Waals surface area contributed by atoms with Gasteiger partial charge in [0.05, 0.1) is 31.9 Å². The molecule has 1 saturated carbocycles. The Hall–Kier alpha value is -3.32. The number of rotatable bonds is 8. The summed E-state index contributed by atoms with van der Waals surface area (Å²) in [6.07, 6.45) is 7.68. The molecule has 5 rings (SSSR count). The summed E-state index contributed by atoms with van der Waals surface area (Å²) in [7, 11) is 3.31. The maximum Gasteiger partial charge on any atom is 0.238 e. The number of fused-ring (bicyclic) bond motifs is 2. The molecule has 3 aliphatic rings. The predicted molar refractivity (Wildman–Crippen MR) is 136 cm³/mol. The summed E-state index contributed by atoms with van der Waals surface area (Å²) < 4.78 is 16.7. The Labute approximate surface area is 206 Å². The van der Waals surface area contributed by atoms with Gasteiger partial charge < -0.3 is 29.8 Å². The minimum absolute atomic E-state index is 0.153. The standard InChI is InChI=1S/C28H33N3O4/c1-33-22-6-4-19(5-7-22)18-31-26-23(28(27(31)32)11-3-12-28)16-20(17-25(26)34-2)24(8-13-29)30-21-9-14-35-15-10-21/h4-8,13,16-17,21,29-30H,3,9-12,14-15,18H2,1-2H3/b24-8-,29-13?. The van der Waals surface area contributed by atoms with Crippen molar-refractivity contribution in [3.05, 3.63) is 59.2 Å². The highest BCUT2D eigenvalue weighted by Gasteiger charge is 2.55. The number of methoxy groups -OCH3 is 2. The van der Waals surface area contributed by atoms with Gasteiger partial charge in [0.1, 0.15) is 11.5 Å². The third kappa shape index (κ3) is 4.18. The molecule has 2 aliphatic heterocycles. The lowest BCUT2D eigenvalue weighted by Crippen LogP contribution is -2.44. The number of carbonyl (C=O) groups excluding carboxylic acids is 1. The first-order valence-electron chi connectivity index (χ1n) is 12.3. The number of ether oxygens (including phenoxy) is 3. The van der Waals surface area contributed by atoms with Crippen LogP contribution in [0, 0.1) is 5.41 Å². The third-order valence-corrected chi connectivity index (χ3v) is 7.58. The van der Waals surface area contributed by atoms with Gasteiger partial charge in [0.15, 0.2) is 0 Å². The molecule has 7 nitrogen and oxygen atoms in total. The van der Waals surface area contributed by atoms with E-state index in [4.69, 9.17) is 19.6 Å². The van der Waals surface area contributed by atoms with Gasteiger partial charge in [-0.1, -0.05) is 18.6 Å². The highest BCUT2D eigenvalue weighted by Crippen LogP contribution is 2.57. The fourth-order valence-electron chi connectivity index (χ4n) is 5.49. The molecule has 7 heteroatoms. The zero-order chi connectivity index (χ0) is 24.4. The van der Waals surface area contributed by atoms with Crippen LogP contribution in [0.25, 0.3) is 5.70 Å². The number of amides is 1. The van der Waals surface area contributed by atoms with Gasteiger partial charge in [-0.15, -0.1) is 0 Å². The summed E-state index contributed by atoms with van der Waals surface area (Å²) in [5.41, 5.74) is 4.29. The molecular formula is C28H33N3O4. The molecule has 2 aromatic carbocycles. The second-order valence-corrected chi connectivity index (χ2v) is 9.53. The molecule has 184 valence electrons. The third-order valence-electron chi connectivity index (χ3n) is 7.58.